The lowest BCUT2D eigenvalue weighted by Crippen LogP contribution is -2.25. The maximum absolute atomic E-state index is 13.8. The molecule has 1 aromatic heterocycles. The maximum atomic E-state index is 13.8. The number of fused-ring (bicyclic) bond motifs is 1. The first kappa shape index (κ1) is 17.8. The van der Waals surface area contributed by atoms with Gasteiger partial charge in [-0.1, -0.05) is 18.2 Å². The van der Waals surface area contributed by atoms with Crippen molar-refractivity contribution < 1.29 is 23.8 Å². The molecule has 0 saturated carbocycles. The van der Waals surface area contributed by atoms with Gasteiger partial charge in [0, 0.05) is 24.2 Å². The Labute approximate surface area is 160 Å². The SMILES string of the molecule is COc1cccc([C@@H]2CC(=O)Nc3c(C(=O)O)cn(-c4cccc(F)c4)c32)c1. The van der Waals surface area contributed by atoms with E-state index in [1.165, 1.54) is 18.3 Å². The summed E-state index contributed by atoms with van der Waals surface area (Å²) in [5.74, 6) is -1.66. The molecule has 0 saturated heterocycles. The lowest BCUT2D eigenvalue weighted by atomic mass is 9.88. The second kappa shape index (κ2) is 6.84. The van der Waals surface area contributed by atoms with Crippen LogP contribution >= 0.6 is 0 Å². The molecule has 2 heterocycles. The Hall–Kier alpha value is -3.61. The summed E-state index contributed by atoms with van der Waals surface area (Å²) in [4.78, 5) is 24.1. The molecule has 6 nitrogen and oxygen atoms in total. The summed E-state index contributed by atoms with van der Waals surface area (Å²) in [6.07, 6.45) is 1.55. The predicted octanol–water partition coefficient (Wildman–Crippen LogP) is 3.80. The first-order chi connectivity index (χ1) is 13.5. The molecule has 7 heteroatoms. The third-order valence-electron chi connectivity index (χ3n) is 4.84. The van der Waals surface area contributed by atoms with Crippen LogP contribution in [-0.4, -0.2) is 28.7 Å². The Morgan fingerprint density at radius 1 is 1.25 bits per heavy atom. The Morgan fingerprint density at radius 3 is 2.75 bits per heavy atom. The number of aromatic nitrogens is 1. The molecule has 0 unspecified atom stereocenters. The van der Waals surface area contributed by atoms with Gasteiger partial charge in [-0.3, -0.25) is 4.79 Å². The standard InChI is InChI=1S/C21H17FN2O4/c1-28-15-7-2-4-12(8-15)16-10-18(25)23-19-17(21(26)27)11-24(20(16)19)14-6-3-5-13(22)9-14/h2-9,11,16H,10H2,1H3,(H,23,25)(H,26,27)/t16-/m0/s1. The molecule has 0 bridgehead atoms. The highest BCUT2D eigenvalue weighted by atomic mass is 19.1. The second-order valence-electron chi connectivity index (χ2n) is 6.54. The smallest absolute Gasteiger partial charge is 0.339 e. The van der Waals surface area contributed by atoms with Crippen LogP contribution in [0.4, 0.5) is 10.1 Å². The fraction of sp³-hybridized carbons (Fsp3) is 0.143. The van der Waals surface area contributed by atoms with Crippen molar-refractivity contribution in [2.24, 2.45) is 0 Å². The van der Waals surface area contributed by atoms with Crippen molar-refractivity contribution >= 4 is 17.6 Å². The molecule has 0 aliphatic carbocycles. The van der Waals surface area contributed by atoms with Gasteiger partial charge in [-0.25, -0.2) is 9.18 Å². The van der Waals surface area contributed by atoms with Gasteiger partial charge in [0.1, 0.15) is 17.1 Å². The summed E-state index contributed by atoms with van der Waals surface area (Å²) >= 11 is 0. The number of nitrogens with one attached hydrogen (secondary N) is 1. The van der Waals surface area contributed by atoms with Crippen molar-refractivity contribution in [3.63, 3.8) is 0 Å². The van der Waals surface area contributed by atoms with E-state index in [-0.39, 0.29) is 23.6 Å². The van der Waals surface area contributed by atoms with Crippen LogP contribution in [0.15, 0.2) is 54.7 Å². The van der Waals surface area contributed by atoms with Gasteiger partial charge in [0.05, 0.1) is 18.5 Å². The fourth-order valence-corrected chi connectivity index (χ4v) is 3.60. The first-order valence-corrected chi connectivity index (χ1v) is 8.66. The van der Waals surface area contributed by atoms with Crippen molar-refractivity contribution in [1.82, 2.24) is 4.57 Å². The number of aromatic carboxylic acids is 1. The summed E-state index contributed by atoms with van der Waals surface area (Å²) in [6.45, 7) is 0. The van der Waals surface area contributed by atoms with Gasteiger partial charge < -0.3 is 19.7 Å². The maximum Gasteiger partial charge on any atom is 0.339 e. The number of amides is 1. The number of benzene rings is 2. The minimum Gasteiger partial charge on any atom is -0.497 e. The second-order valence-corrected chi connectivity index (χ2v) is 6.54. The van der Waals surface area contributed by atoms with E-state index < -0.39 is 17.7 Å². The van der Waals surface area contributed by atoms with E-state index >= 15 is 0 Å². The van der Waals surface area contributed by atoms with Crippen molar-refractivity contribution in [3.05, 3.63) is 77.4 Å². The number of anilines is 1. The zero-order valence-electron chi connectivity index (χ0n) is 15.0. The van der Waals surface area contributed by atoms with E-state index in [0.717, 1.165) is 5.56 Å². The van der Waals surface area contributed by atoms with Crippen LogP contribution in [0, 0.1) is 5.82 Å². The van der Waals surface area contributed by atoms with Gasteiger partial charge in [-0.2, -0.15) is 0 Å². The summed E-state index contributed by atoms with van der Waals surface area (Å²) in [5.41, 5.74) is 2.08. The number of hydrogen-bond donors (Lipinski definition) is 2. The predicted molar refractivity (Wildman–Crippen MR) is 101 cm³/mol. The van der Waals surface area contributed by atoms with Crippen molar-refractivity contribution in [1.29, 1.82) is 0 Å². The Morgan fingerprint density at radius 2 is 2.04 bits per heavy atom. The molecule has 0 radical (unpaired) electrons. The number of carboxylic acid groups (broad SMARTS) is 1. The van der Waals surface area contributed by atoms with Gasteiger partial charge in [-0.15, -0.1) is 0 Å². The lowest BCUT2D eigenvalue weighted by molar-refractivity contribution is -0.116. The van der Waals surface area contributed by atoms with E-state index in [9.17, 15) is 19.1 Å². The van der Waals surface area contributed by atoms with E-state index in [2.05, 4.69) is 5.32 Å². The highest BCUT2D eigenvalue weighted by Crippen LogP contribution is 2.42. The largest absolute Gasteiger partial charge is 0.497 e. The number of carbonyl (C=O) groups is 2. The zero-order chi connectivity index (χ0) is 19.8. The molecule has 1 aliphatic heterocycles. The third kappa shape index (κ3) is 3.00. The molecule has 3 aromatic rings. The topological polar surface area (TPSA) is 80.6 Å². The van der Waals surface area contributed by atoms with Crippen LogP contribution in [0.1, 0.15) is 34.0 Å². The van der Waals surface area contributed by atoms with Crippen LogP contribution < -0.4 is 10.1 Å². The average Bonchev–Trinajstić information content (AvgIpc) is 3.07. The van der Waals surface area contributed by atoms with Gasteiger partial charge in [0.25, 0.3) is 0 Å². The molecule has 1 amide bonds. The molecular formula is C21H17FN2O4. The lowest BCUT2D eigenvalue weighted by Gasteiger charge is -2.26. The number of carboxylic acids is 1. The van der Waals surface area contributed by atoms with E-state index in [1.807, 2.05) is 18.2 Å². The zero-order valence-corrected chi connectivity index (χ0v) is 15.0. The number of halogens is 1. The van der Waals surface area contributed by atoms with E-state index in [0.29, 0.717) is 17.1 Å². The number of ether oxygens (including phenoxy) is 1. The average molecular weight is 380 g/mol. The molecule has 4 rings (SSSR count). The molecule has 1 aliphatic rings. The van der Waals surface area contributed by atoms with Gasteiger partial charge in [0.15, 0.2) is 0 Å². The number of methoxy groups -OCH3 is 1. The van der Waals surface area contributed by atoms with Crippen LogP contribution in [0.25, 0.3) is 5.69 Å². The van der Waals surface area contributed by atoms with Crippen LogP contribution in [-0.2, 0) is 4.79 Å². The molecule has 0 fully saturated rings. The highest BCUT2D eigenvalue weighted by molar-refractivity contribution is 6.04. The van der Waals surface area contributed by atoms with Gasteiger partial charge in [-0.05, 0) is 35.9 Å². The number of nitrogens with zero attached hydrogens (tertiary/aromatic N) is 1. The Kier molecular flexibility index (Phi) is 4.35. The first-order valence-electron chi connectivity index (χ1n) is 8.66. The van der Waals surface area contributed by atoms with Crippen LogP contribution in [0.2, 0.25) is 0 Å². The molecule has 142 valence electrons. The number of carbonyl (C=O) groups excluding carboxylic acids is 1. The van der Waals surface area contributed by atoms with Gasteiger partial charge in [0.2, 0.25) is 5.91 Å². The minimum absolute atomic E-state index is 0.0415. The number of hydrogen-bond acceptors (Lipinski definition) is 3. The van der Waals surface area contributed by atoms with Crippen LogP contribution in [0.3, 0.4) is 0 Å². The monoisotopic (exact) mass is 380 g/mol. The minimum atomic E-state index is -1.17. The van der Waals surface area contributed by atoms with Crippen molar-refractivity contribution in [3.8, 4) is 11.4 Å². The fourth-order valence-electron chi connectivity index (χ4n) is 3.60. The summed E-state index contributed by atoms with van der Waals surface area (Å²) in [5, 5.41) is 12.3. The summed E-state index contributed by atoms with van der Waals surface area (Å²) in [7, 11) is 1.55. The summed E-state index contributed by atoms with van der Waals surface area (Å²) < 4.78 is 20.7. The molecule has 28 heavy (non-hydrogen) atoms. The molecule has 0 spiro atoms. The normalized spacial score (nSPS) is 15.6. The van der Waals surface area contributed by atoms with Crippen molar-refractivity contribution in [2.45, 2.75) is 12.3 Å². The van der Waals surface area contributed by atoms with Gasteiger partial charge >= 0.3 is 5.97 Å². The molecule has 2 N–H and O–H groups in total. The third-order valence-corrected chi connectivity index (χ3v) is 4.84. The summed E-state index contributed by atoms with van der Waals surface area (Å²) in [6, 6.07) is 13.2. The molecular weight excluding hydrogens is 363 g/mol. The molecule has 1 atom stereocenters. The Balaban J connectivity index is 1.97. The number of rotatable bonds is 4. The molecule has 2 aromatic carbocycles. The van der Waals surface area contributed by atoms with E-state index in [1.54, 1.807) is 29.9 Å². The van der Waals surface area contributed by atoms with E-state index in [4.69, 9.17) is 4.74 Å². The van der Waals surface area contributed by atoms with Crippen LogP contribution in [0.5, 0.6) is 5.75 Å². The quantitative estimate of drug-likeness (QED) is 0.722. The highest BCUT2D eigenvalue weighted by Gasteiger charge is 2.34. The van der Waals surface area contributed by atoms with Crippen molar-refractivity contribution in [2.75, 3.05) is 12.4 Å². The Bertz CT molecular complexity index is 1090.